The van der Waals surface area contributed by atoms with Crippen molar-refractivity contribution in [3.8, 4) is 17.5 Å². The lowest BCUT2D eigenvalue weighted by atomic mass is 10.3. The highest BCUT2D eigenvalue weighted by Gasteiger charge is 2.22. The number of nitriles is 1. The van der Waals surface area contributed by atoms with Crippen LogP contribution in [0.3, 0.4) is 0 Å². The molecule has 6 heteroatoms. The highest BCUT2D eigenvalue weighted by Crippen LogP contribution is 2.24. The van der Waals surface area contributed by atoms with Crippen LogP contribution in [0.1, 0.15) is 23.2 Å². The molecule has 0 aromatic carbocycles. The average Bonchev–Trinajstić information content (AvgIpc) is 2.94. The number of carboxylic acids is 1. The minimum atomic E-state index is -1.17. The summed E-state index contributed by atoms with van der Waals surface area (Å²) >= 11 is 0. The lowest BCUT2D eigenvalue weighted by Gasteiger charge is -2.00. The molecule has 0 fully saturated rings. The van der Waals surface area contributed by atoms with Crippen LogP contribution in [0, 0.1) is 11.3 Å². The first kappa shape index (κ1) is 11.0. The zero-order valence-corrected chi connectivity index (χ0v) is 9.04. The Bertz CT molecular complexity index is 590. The summed E-state index contributed by atoms with van der Waals surface area (Å²) in [5.74, 6) is -0.937. The van der Waals surface area contributed by atoms with E-state index in [1.54, 1.807) is 19.1 Å². The van der Waals surface area contributed by atoms with Crippen LogP contribution in [0.15, 0.2) is 22.8 Å². The monoisotopic (exact) mass is 231 g/mol. The summed E-state index contributed by atoms with van der Waals surface area (Å²) in [6.45, 7) is 2.11. The maximum atomic E-state index is 11.0. The molecule has 2 aromatic heterocycles. The van der Waals surface area contributed by atoms with Gasteiger partial charge in [0.05, 0.1) is 6.26 Å². The van der Waals surface area contributed by atoms with E-state index in [0.717, 1.165) is 0 Å². The third-order valence-corrected chi connectivity index (χ3v) is 2.34. The minimum absolute atomic E-state index is 0.157. The molecule has 0 aliphatic heterocycles. The maximum Gasteiger partial charge on any atom is 0.372 e. The van der Waals surface area contributed by atoms with Crippen molar-refractivity contribution in [3.05, 3.63) is 29.9 Å². The predicted molar refractivity (Wildman–Crippen MR) is 57.3 cm³/mol. The van der Waals surface area contributed by atoms with E-state index in [4.69, 9.17) is 14.8 Å². The summed E-state index contributed by atoms with van der Waals surface area (Å²) in [5, 5.41) is 18.1. The van der Waals surface area contributed by atoms with Gasteiger partial charge in [-0.05, 0) is 19.1 Å². The molecule has 0 unspecified atom stereocenters. The van der Waals surface area contributed by atoms with Crippen LogP contribution in [0.5, 0.6) is 0 Å². The summed E-state index contributed by atoms with van der Waals surface area (Å²) in [7, 11) is 0. The smallest absolute Gasteiger partial charge is 0.372 e. The second kappa shape index (κ2) is 4.14. The van der Waals surface area contributed by atoms with Gasteiger partial charge in [0.2, 0.25) is 5.82 Å². The summed E-state index contributed by atoms with van der Waals surface area (Å²) in [6.07, 6.45) is 1.45. The van der Waals surface area contributed by atoms with E-state index >= 15 is 0 Å². The van der Waals surface area contributed by atoms with Gasteiger partial charge in [0.25, 0.3) is 0 Å². The number of nitrogens with zero attached hydrogens (tertiary/aromatic N) is 3. The number of imidazole rings is 1. The highest BCUT2D eigenvalue weighted by molar-refractivity contribution is 5.85. The zero-order valence-electron chi connectivity index (χ0n) is 9.04. The van der Waals surface area contributed by atoms with Crippen molar-refractivity contribution in [3.63, 3.8) is 0 Å². The van der Waals surface area contributed by atoms with Gasteiger partial charge in [-0.3, -0.25) is 0 Å². The second-order valence-corrected chi connectivity index (χ2v) is 3.27. The van der Waals surface area contributed by atoms with Crippen molar-refractivity contribution in [1.82, 2.24) is 9.55 Å². The van der Waals surface area contributed by atoms with Gasteiger partial charge < -0.3 is 14.1 Å². The number of carboxylic acid groups (broad SMARTS) is 1. The Morgan fingerprint density at radius 2 is 2.47 bits per heavy atom. The Kier molecular flexibility index (Phi) is 2.66. The third-order valence-electron chi connectivity index (χ3n) is 2.34. The molecule has 2 rings (SSSR count). The average molecular weight is 231 g/mol. The van der Waals surface area contributed by atoms with Crippen molar-refractivity contribution in [2.24, 2.45) is 0 Å². The summed E-state index contributed by atoms with van der Waals surface area (Å²) in [4.78, 5) is 14.9. The van der Waals surface area contributed by atoms with Crippen LogP contribution in [0.25, 0.3) is 11.5 Å². The predicted octanol–water partition coefficient (Wildman–Crippen LogP) is 1.73. The van der Waals surface area contributed by atoms with Crippen molar-refractivity contribution in [2.75, 3.05) is 0 Å². The Hall–Kier alpha value is -2.55. The molecule has 6 nitrogen and oxygen atoms in total. The van der Waals surface area contributed by atoms with Gasteiger partial charge >= 0.3 is 5.97 Å². The van der Waals surface area contributed by atoms with Gasteiger partial charge in [-0.25, -0.2) is 9.78 Å². The molecule has 2 heterocycles. The van der Waals surface area contributed by atoms with Gasteiger partial charge in [0.15, 0.2) is 11.5 Å². The lowest BCUT2D eigenvalue weighted by molar-refractivity contribution is 0.0678. The largest absolute Gasteiger partial charge is 0.475 e. The summed E-state index contributed by atoms with van der Waals surface area (Å²) in [6, 6.07) is 5.24. The summed E-state index contributed by atoms with van der Waals surface area (Å²) < 4.78 is 6.48. The molecule has 0 atom stereocenters. The maximum absolute atomic E-state index is 11.0. The number of aromatic carboxylic acids is 1. The molecule has 2 aromatic rings. The van der Waals surface area contributed by atoms with Gasteiger partial charge in [-0.2, -0.15) is 5.26 Å². The Morgan fingerprint density at radius 3 is 2.94 bits per heavy atom. The molecular weight excluding hydrogens is 222 g/mol. The molecule has 0 saturated carbocycles. The van der Waals surface area contributed by atoms with Crippen molar-refractivity contribution >= 4 is 5.97 Å². The van der Waals surface area contributed by atoms with Crippen molar-refractivity contribution in [2.45, 2.75) is 13.5 Å². The van der Waals surface area contributed by atoms with E-state index in [9.17, 15) is 4.79 Å². The van der Waals surface area contributed by atoms with E-state index < -0.39 is 5.97 Å². The number of hydrogen-bond acceptors (Lipinski definition) is 4. The first-order chi connectivity index (χ1) is 8.19. The number of rotatable bonds is 3. The molecule has 86 valence electrons. The quantitative estimate of drug-likeness (QED) is 0.868. The topological polar surface area (TPSA) is 92.1 Å². The first-order valence-corrected chi connectivity index (χ1v) is 4.96. The fraction of sp³-hybridized carbons (Fsp3) is 0.182. The molecule has 0 radical (unpaired) electrons. The molecule has 0 aliphatic rings. The number of aromatic nitrogens is 2. The van der Waals surface area contributed by atoms with Crippen LogP contribution in [-0.4, -0.2) is 20.6 Å². The molecule has 0 amide bonds. The first-order valence-electron chi connectivity index (χ1n) is 4.96. The Morgan fingerprint density at radius 1 is 1.71 bits per heavy atom. The van der Waals surface area contributed by atoms with Crippen LogP contribution >= 0.6 is 0 Å². The van der Waals surface area contributed by atoms with E-state index in [1.165, 1.54) is 10.8 Å². The van der Waals surface area contributed by atoms with E-state index in [2.05, 4.69) is 4.98 Å². The third kappa shape index (κ3) is 1.67. The van der Waals surface area contributed by atoms with Gasteiger partial charge in [0, 0.05) is 6.54 Å². The molecule has 0 bridgehead atoms. The fourth-order valence-corrected chi connectivity index (χ4v) is 1.62. The number of furan rings is 1. The lowest BCUT2D eigenvalue weighted by Crippen LogP contribution is -2.09. The Labute approximate surface area is 96.7 Å². The molecular formula is C11H9N3O3. The fourth-order valence-electron chi connectivity index (χ4n) is 1.62. The number of hydrogen-bond donors (Lipinski definition) is 1. The van der Waals surface area contributed by atoms with E-state index in [1.807, 2.05) is 6.07 Å². The molecule has 0 aliphatic carbocycles. The molecule has 17 heavy (non-hydrogen) atoms. The Balaban J connectivity index is 2.70. The molecule has 0 saturated heterocycles. The normalized spacial score (nSPS) is 10.1. The van der Waals surface area contributed by atoms with Crippen molar-refractivity contribution in [1.29, 1.82) is 5.26 Å². The highest BCUT2D eigenvalue weighted by atomic mass is 16.4. The van der Waals surface area contributed by atoms with Crippen molar-refractivity contribution < 1.29 is 14.3 Å². The van der Waals surface area contributed by atoms with Crippen LogP contribution in [0.2, 0.25) is 0 Å². The summed E-state index contributed by atoms with van der Waals surface area (Å²) in [5.41, 5.74) is 0.455. The van der Waals surface area contributed by atoms with Gasteiger partial charge in [-0.15, -0.1) is 0 Å². The van der Waals surface area contributed by atoms with Crippen LogP contribution in [0.4, 0.5) is 0 Å². The van der Waals surface area contributed by atoms with E-state index in [0.29, 0.717) is 12.3 Å². The van der Waals surface area contributed by atoms with Crippen LogP contribution in [-0.2, 0) is 6.54 Å². The van der Waals surface area contributed by atoms with Gasteiger partial charge in [0.1, 0.15) is 11.8 Å². The van der Waals surface area contributed by atoms with Gasteiger partial charge in [-0.1, -0.05) is 0 Å². The number of carbonyl (C=O) groups is 1. The molecule has 1 N–H and O–H groups in total. The minimum Gasteiger partial charge on any atom is -0.475 e. The van der Waals surface area contributed by atoms with E-state index in [-0.39, 0.29) is 17.2 Å². The SMILES string of the molecule is CCn1c(C(=O)O)nc(-c2ccco2)c1C#N. The zero-order chi connectivity index (χ0) is 12.4. The molecule has 0 spiro atoms. The van der Waals surface area contributed by atoms with Crippen LogP contribution < -0.4 is 0 Å². The second-order valence-electron chi connectivity index (χ2n) is 3.27. The standard InChI is InChI=1S/C11H9N3O3/c1-2-14-7(6-12)9(8-4-3-5-17-8)13-10(14)11(15)16/h3-5H,2H2,1H3,(H,15,16).